The molecule has 0 aliphatic carbocycles. The number of hydrogen-bond acceptors (Lipinski definition) is 4. The molecule has 1 N–H and O–H groups in total. The van der Waals surface area contributed by atoms with E-state index in [4.69, 9.17) is 9.84 Å². The van der Waals surface area contributed by atoms with Gasteiger partial charge in [-0.15, -0.1) is 0 Å². The van der Waals surface area contributed by atoms with Crippen molar-refractivity contribution >= 4 is 10.0 Å². The van der Waals surface area contributed by atoms with Crippen LogP contribution in [0, 0.1) is 11.8 Å². The fourth-order valence-electron chi connectivity index (χ4n) is 2.39. The molecule has 1 aromatic rings. The third-order valence-electron chi connectivity index (χ3n) is 3.65. The van der Waals surface area contributed by atoms with Gasteiger partial charge in [-0.3, -0.25) is 0 Å². The number of nitrogens with zero attached hydrogens (tertiary/aromatic N) is 1. The summed E-state index contributed by atoms with van der Waals surface area (Å²) in [4.78, 5) is 0.235. The van der Waals surface area contributed by atoms with Crippen molar-refractivity contribution in [2.24, 2.45) is 0 Å². The normalized spacial score (nSPS) is 22.1. The van der Waals surface area contributed by atoms with E-state index in [9.17, 15) is 8.42 Å². The second-order valence-electron chi connectivity index (χ2n) is 4.94. The van der Waals surface area contributed by atoms with Crippen LogP contribution in [-0.4, -0.2) is 50.2 Å². The van der Waals surface area contributed by atoms with Gasteiger partial charge in [-0.25, -0.2) is 8.42 Å². The quantitative estimate of drug-likeness (QED) is 0.840. The molecule has 21 heavy (non-hydrogen) atoms. The van der Waals surface area contributed by atoms with Gasteiger partial charge in [0.2, 0.25) is 10.0 Å². The van der Waals surface area contributed by atoms with Crippen LogP contribution in [0.15, 0.2) is 29.2 Å². The van der Waals surface area contributed by atoms with Crippen molar-refractivity contribution in [1.29, 1.82) is 0 Å². The summed E-state index contributed by atoms with van der Waals surface area (Å²) in [5.74, 6) is 5.26. The van der Waals surface area contributed by atoms with Crippen molar-refractivity contribution in [2.75, 3.05) is 20.3 Å². The first-order valence-corrected chi connectivity index (χ1v) is 8.20. The highest BCUT2D eigenvalue weighted by Gasteiger charge is 2.35. The van der Waals surface area contributed by atoms with Gasteiger partial charge in [0, 0.05) is 19.2 Å². The molecule has 1 fully saturated rings. The number of aliphatic hydroxyl groups is 1. The molecule has 2 rings (SSSR count). The van der Waals surface area contributed by atoms with E-state index in [1.807, 2.05) is 6.92 Å². The minimum Gasteiger partial charge on any atom is -0.384 e. The molecule has 6 heteroatoms. The van der Waals surface area contributed by atoms with Gasteiger partial charge < -0.3 is 9.84 Å². The lowest BCUT2D eigenvalue weighted by Gasteiger charge is -2.26. The Morgan fingerprint density at radius 1 is 1.38 bits per heavy atom. The van der Waals surface area contributed by atoms with Crippen LogP contribution in [0.4, 0.5) is 0 Å². The summed E-state index contributed by atoms with van der Waals surface area (Å²) in [6.07, 6.45) is 0.608. The maximum Gasteiger partial charge on any atom is 0.243 e. The summed E-state index contributed by atoms with van der Waals surface area (Å²) >= 11 is 0. The highest BCUT2D eigenvalue weighted by Crippen LogP contribution is 2.24. The zero-order chi connectivity index (χ0) is 15.5. The van der Waals surface area contributed by atoms with Gasteiger partial charge in [0.25, 0.3) is 0 Å². The monoisotopic (exact) mass is 309 g/mol. The number of likely N-dealkylation sites (N-methyl/N-ethyl adjacent to an activating group) is 1. The first kappa shape index (κ1) is 16.0. The Balaban J connectivity index is 2.22. The minimum absolute atomic E-state index is 0.0977. The Bertz CT molecular complexity index is 642. The van der Waals surface area contributed by atoms with Crippen molar-refractivity contribution in [1.82, 2.24) is 4.31 Å². The highest BCUT2D eigenvalue weighted by atomic mass is 32.2. The first-order valence-electron chi connectivity index (χ1n) is 6.76. The van der Waals surface area contributed by atoms with E-state index in [1.54, 1.807) is 19.2 Å². The molecule has 1 aliphatic rings. The van der Waals surface area contributed by atoms with Gasteiger partial charge in [-0.05, 0) is 37.6 Å². The van der Waals surface area contributed by atoms with Crippen LogP contribution in [0.5, 0.6) is 0 Å². The molecule has 1 aliphatic heterocycles. The van der Waals surface area contributed by atoms with Gasteiger partial charge in [-0.2, -0.15) is 4.31 Å². The smallest absolute Gasteiger partial charge is 0.243 e. The second-order valence-corrected chi connectivity index (χ2v) is 6.93. The summed E-state index contributed by atoms with van der Waals surface area (Å²) in [5.41, 5.74) is 0.670. The van der Waals surface area contributed by atoms with Crippen LogP contribution in [0.25, 0.3) is 0 Å². The summed E-state index contributed by atoms with van der Waals surface area (Å²) in [6.45, 7) is 2.25. The average Bonchev–Trinajstić information content (AvgIpc) is 2.90. The van der Waals surface area contributed by atoms with Crippen LogP contribution in [-0.2, 0) is 14.8 Å². The van der Waals surface area contributed by atoms with Crippen molar-refractivity contribution in [3.8, 4) is 11.8 Å². The van der Waals surface area contributed by atoms with Gasteiger partial charge in [0.05, 0.1) is 17.0 Å². The molecule has 0 bridgehead atoms. The van der Waals surface area contributed by atoms with Gasteiger partial charge in [0.15, 0.2) is 0 Å². The standard InChI is InChI=1S/C15H19NO4S/c1-12-15(9-11-20-12)16(2)21(18,19)14-7-5-13(6-8-14)4-3-10-17/h5-8,12,15,17H,9-11H2,1-2H3. The van der Waals surface area contributed by atoms with Crippen molar-refractivity contribution < 1.29 is 18.3 Å². The molecule has 0 radical (unpaired) electrons. The Hall–Kier alpha value is -1.39. The van der Waals surface area contributed by atoms with E-state index in [1.165, 1.54) is 16.4 Å². The van der Waals surface area contributed by atoms with E-state index in [-0.39, 0.29) is 23.6 Å². The number of rotatable bonds is 3. The zero-order valence-electron chi connectivity index (χ0n) is 12.1. The second kappa shape index (κ2) is 6.58. The lowest BCUT2D eigenvalue weighted by atomic mass is 10.2. The van der Waals surface area contributed by atoms with Crippen LogP contribution in [0.1, 0.15) is 18.9 Å². The lowest BCUT2D eigenvalue weighted by Crippen LogP contribution is -2.40. The van der Waals surface area contributed by atoms with Gasteiger partial charge in [0.1, 0.15) is 6.61 Å². The Morgan fingerprint density at radius 2 is 2.05 bits per heavy atom. The third kappa shape index (κ3) is 3.44. The molecule has 2 atom stereocenters. The molecule has 1 heterocycles. The van der Waals surface area contributed by atoms with E-state index in [0.29, 0.717) is 18.6 Å². The Labute approximate surface area is 125 Å². The SMILES string of the molecule is CC1OCCC1N(C)S(=O)(=O)c1ccc(C#CCO)cc1. The molecule has 1 aromatic carbocycles. The molecule has 0 amide bonds. The van der Waals surface area contributed by atoms with Crippen LogP contribution in [0.2, 0.25) is 0 Å². The predicted octanol–water partition coefficient (Wildman–Crippen LogP) is 0.828. The fourth-order valence-corrected chi connectivity index (χ4v) is 3.84. The number of ether oxygens (including phenoxy) is 1. The number of aliphatic hydroxyl groups excluding tert-OH is 1. The maximum atomic E-state index is 12.6. The predicted molar refractivity (Wildman–Crippen MR) is 79.2 cm³/mol. The topological polar surface area (TPSA) is 66.8 Å². The molecule has 5 nitrogen and oxygen atoms in total. The van der Waals surface area contributed by atoms with Crippen LogP contribution < -0.4 is 0 Å². The van der Waals surface area contributed by atoms with Crippen LogP contribution in [0.3, 0.4) is 0 Å². The molecule has 0 spiro atoms. The third-order valence-corrected chi connectivity index (χ3v) is 5.54. The summed E-state index contributed by atoms with van der Waals surface area (Å²) in [7, 11) is -1.95. The summed E-state index contributed by atoms with van der Waals surface area (Å²) in [5, 5.41) is 8.64. The molecule has 0 saturated carbocycles. The molecule has 2 unspecified atom stereocenters. The fraction of sp³-hybridized carbons (Fsp3) is 0.467. The highest BCUT2D eigenvalue weighted by molar-refractivity contribution is 7.89. The zero-order valence-corrected chi connectivity index (χ0v) is 12.9. The largest absolute Gasteiger partial charge is 0.384 e. The summed E-state index contributed by atoms with van der Waals surface area (Å²) in [6, 6.07) is 6.21. The first-order chi connectivity index (χ1) is 9.96. The van der Waals surface area contributed by atoms with Gasteiger partial charge >= 0.3 is 0 Å². The average molecular weight is 309 g/mol. The van der Waals surface area contributed by atoms with Gasteiger partial charge in [-0.1, -0.05) is 11.8 Å². The van der Waals surface area contributed by atoms with E-state index < -0.39 is 10.0 Å². The van der Waals surface area contributed by atoms with Crippen molar-refractivity contribution in [3.63, 3.8) is 0 Å². The number of benzene rings is 1. The number of hydrogen-bond donors (Lipinski definition) is 1. The van der Waals surface area contributed by atoms with E-state index in [2.05, 4.69) is 11.8 Å². The maximum absolute atomic E-state index is 12.6. The Morgan fingerprint density at radius 3 is 2.57 bits per heavy atom. The number of sulfonamides is 1. The van der Waals surface area contributed by atoms with Crippen molar-refractivity contribution in [3.05, 3.63) is 29.8 Å². The summed E-state index contributed by atoms with van der Waals surface area (Å²) < 4.78 is 32.0. The minimum atomic E-state index is -3.54. The van der Waals surface area contributed by atoms with E-state index in [0.717, 1.165) is 0 Å². The van der Waals surface area contributed by atoms with Crippen LogP contribution >= 0.6 is 0 Å². The molecule has 0 aromatic heterocycles. The molecular weight excluding hydrogens is 290 g/mol. The van der Waals surface area contributed by atoms with Crippen molar-refractivity contribution in [2.45, 2.75) is 30.4 Å². The molecule has 1 saturated heterocycles. The molecule has 114 valence electrons. The Kier molecular flexibility index (Phi) is 5.01. The lowest BCUT2D eigenvalue weighted by molar-refractivity contribution is 0.102. The van der Waals surface area contributed by atoms with E-state index >= 15 is 0 Å². The molecular formula is C15H19NO4S.